The molecule has 0 radical (unpaired) electrons. The molecule has 7 heteroatoms. The quantitative estimate of drug-likeness (QED) is 0.869. The minimum Gasteiger partial charge on any atom is -0.351 e. The minimum absolute atomic E-state index is 0.0628. The summed E-state index contributed by atoms with van der Waals surface area (Å²) in [6.07, 6.45) is 0. The van der Waals surface area contributed by atoms with E-state index in [0.717, 1.165) is 9.87 Å². The van der Waals surface area contributed by atoms with Crippen molar-refractivity contribution in [3.05, 3.63) is 35.1 Å². The van der Waals surface area contributed by atoms with E-state index in [1.807, 2.05) is 0 Å². The van der Waals surface area contributed by atoms with Crippen LogP contribution >= 0.6 is 0 Å². The van der Waals surface area contributed by atoms with Gasteiger partial charge in [0, 0.05) is 20.6 Å². The summed E-state index contributed by atoms with van der Waals surface area (Å²) in [5.41, 5.74) is 0.676. The third-order valence-corrected chi connectivity index (χ3v) is 4.40. The zero-order valence-electron chi connectivity index (χ0n) is 11.1. The highest BCUT2D eigenvalue weighted by Gasteiger charge is 2.15. The molecule has 1 rings (SSSR count). The third kappa shape index (κ3) is 4.29. The minimum atomic E-state index is -3.37. The molecule has 0 aliphatic carbocycles. The number of hydrogen-bond acceptors (Lipinski definition) is 3. The molecule has 0 saturated heterocycles. The maximum atomic E-state index is 13.4. The van der Waals surface area contributed by atoms with Crippen molar-refractivity contribution in [3.63, 3.8) is 0 Å². The molecule has 1 aromatic rings. The van der Waals surface area contributed by atoms with E-state index in [1.165, 1.54) is 26.2 Å². The van der Waals surface area contributed by atoms with Crippen LogP contribution in [0.15, 0.2) is 18.2 Å². The van der Waals surface area contributed by atoms with Crippen LogP contribution in [0.1, 0.15) is 15.9 Å². The fourth-order valence-electron chi connectivity index (χ4n) is 1.38. The Kier molecular flexibility index (Phi) is 5.02. The van der Waals surface area contributed by atoms with Gasteiger partial charge in [-0.25, -0.2) is 17.1 Å². The predicted octanol–water partition coefficient (Wildman–Crippen LogP) is 0.755. The van der Waals surface area contributed by atoms with Gasteiger partial charge in [-0.2, -0.15) is 0 Å². The summed E-state index contributed by atoms with van der Waals surface area (Å²) in [7, 11) is -0.541. The molecule has 0 aliphatic heterocycles. The molecule has 0 spiro atoms. The first-order valence-electron chi connectivity index (χ1n) is 5.68. The number of benzene rings is 1. The standard InChI is InChI=1S/C12H17FN2O3S/c1-9-4-5-11(13)10(8-9)12(16)14-6-7-19(17,18)15(2)3/h4-5,8H,6-7H2,1-3H3,(H,14,16). The Morgan fingerprint density at radius 2 is 2.00 bits per heavy atom. The Labute approximate surface area is 112 Å². The maximum Gasteiger partial charge on any atom is 0.254 e. The van der Waals surface area contributed by atoms with Gasteiger partial charge in [-0.05, 0) is 19.1 Å². The molecule has 5 nitrogen and oxygen atoms in total. The van der Waals surface area contributed by atoms with Gasteiger partial charge in [-0.15, -0.1) is 0 Å². The third-order valence-electron chi connectivity index (χ3n) is 2.57. The van der Waals surface area contributed by atoms with Gasteiger partial charge in [0.05, 0.1) is 11.3 Å². The lowest BCUT2D eigenvalue weighted by atomic mass is 10.1. The molecule has 0 aromatic heterocycles. The van der Waals surface area contributed by atoms with E-state index in [4.69, 9.17) is 0 Å². The number of halogens is 1. The van der Waals surface area contributed by atoms with Crippen LogP contribution in [0.5, 0.6) is 0 Å². The lowest BCUT2D eigenvalue weighted by molar-refractivity contribution is 0.0952. The Balaban J connectivity index is 2.64. The second-order valence-electron chi connectivity index (χ2n) is 4.34. The van der Waals surface area contributed by atoms with Crippen LogP contribution in [0, 0.1) is 12.7 Å². The predicted molar refractivity (Wildman–Crippen MR) is 70.9 cm³/mol. The molecule has 0 unspecified atom stereocenters. The van der Waals surface area contributed by atoms with Crippen LogP contribution in [-0.4, -0.2) is 45.0 Å². The topological polar surface area (TPSA) is 66.5 Å². The molecule has 1 aromatic carbocycles. The fourth-order valence-corrected chi connectivity index (χ4v) is 2.11. The zero-order valence-corrected chi connectivity index (χ0v) is 11.9. The van der Waals surface area contributed by atoms with Gasteiger partial charge in [-0.3, -0.25) is 4.79 Å². The molecule has 106 valence electrons. The number of aryl methyl sites for hydroxylation is 1. The fraction of sp³-hybridized carbons (Fsp3) is 0.417. The summed E-state index contributed by atoms with van der Waals surface area (Å²) in [4.78, 5) is 11.7. The number of amides is 1. The van der Waals surface area contributed by atoms with Crippen LogP contribution in [0.2, 0.25) is 0 Å². The highest BCUT2D eigenvalue weighted by Crippen LogP contribution is 2.09. The van der Waals surface area contributed by atoms with E-state index in [-0.39, 0.29) is 17.9 Å². The first-order valence-corrected chi connectivity index (χ1v) is 7.29. The average Bonchev–Trinajstić information content (AvgIpc) is 2.31. The van der Waals surface area contributed by atoms with E-state index in [0.29, 0.717) is 0 Å². The van der Waals surface area contributed by atoms with E-state index in [9.17, 15) is 17.6 Å². The summed E-state index contributed by atoms with van der Waals surface area (Å²) in [5, 5.41) is 2.39. The molecular formula is C12H17FN2O3S. The monoisotopic (exact) mass is 288 g/mol. The van der Waals surface area contributed by atoms with Gasteiger partial charge < -0.3 is 5.32 Å². The molecular weight excluding hydrogens is 271 g/mol. The summed E-state index contributed by atoms with van der Waals surface area (Å²) in [6.45, 7) is 1.68. The van der Waals surface area contributed by atoms with Crippen molar-refractivity contribution >= 4 is 15.9 Å². The lowest BCUT2D eigenvalue weighted by Crippen LogP contribution is -2.34. The smallest absolute Gasteiger partial charge is 0.254 e. The number of hydrogen-bond donors (Lipinski definition) is 1. The average molecular weight is 288 g/mol. The van der Waals surface area contributed by atoms with Crippen molar-refractivity contribution in [3.8, 4) is 0 Å². The van der Waals surface area contributed by atoms with E-state index in [1.54, 1.807) is 13.0 Å². The van der Waals surface area contributed by atoms with Gasteiger partial charge in [-0.1, -0.05) is 11.6 Å². The van der Waals surface area contributed by atoms with Crippen LogP contribution < -0.4 is 5.32 Å². The SMILES string of the molecule is Cc1ccc(F)c(C(=O)NCCS(=O)(=O)N(C)C)c1. The molecule has 19 heavy (non-hydrogen) atoms. The number of sulfonamides is 1. The molecule has 0 aliphatic rings. The first kappa shape index (κ1) is 15.6. The first-order chi connectivity index (χ1) is 8.74. The van der Waals surface area contributed by atoms with Crippen molar-refractivity contribution < 1.29 is 17.6 Å². The molecule has 0 fully saturated rings. The maximum absolute atomic E-state index is 13.4. The van der Waals surface area contributed by atoms with Gasteiger partial charge in [0.25, 0.3) is 5.91 Å². The van der Waals surface area contributed by atoms with Gasteiger partial charge in [0.15, 0.2) is 0 Å². The number of nitrogens with one attached hydrogen (secondary N) is 1. The summed E-state index contributed by atoms with van der Waals surface area (Å²) >= 11 is 0. The van der Waals surface area contributed by atoms with Gasteiger partial charge in [0.1, 0.15) is 5.82 Å². The molecule has 0 heterocycles. The van der Waals surface area contributed by atoms with E-state index >= 15 is 0 Å². The molecule has 1 N–H and O–H groups in total. The van der Waals surface area contributed by atoms with Crippen LogP contribution in [0.4, 0.5) is 4.39 Å². The van der Waals surface area contributed by atoms with Crippen LogP contribution in [0.3, 0.4) is 0 Å². The van der Waals surface area contributed by atoms with E-state index < -0.39 is 21.7 Å². The summed E-state index contributed by atoms with van der Waals surface area (Å²) in [6, 6.07) is 4.19. The van der Waals surface area contributed by atoms with Crippen molar-refractivity contribution in [2.75, 3.05) is 26.4 Å². The Bertz CT molecular complexity index is 570. The lowest BCUT2D eigenvalue weighted by Gasteiger charge is -2.12. The highest BCUT2D eigenvalue weighted by molar-refractivity contribution is 7.89. The Morgan fingerprint density at radius 3 is 2.58 bits per heavy atom. The Morgan fingerprint density at radius 1 is 1.37 bits per heavy atom. The normalized spacial score (nSPS) is 11.6. The van der Waals surface area contributed by atoms with Crippen LogP contribution in [-0.2, 0) is 10.0 Å². The molecule has 0 atom stereocenters. The van der Waals surface area contributed by atoms with E-state index in [2.05, 4.69) is 5.32 Å². The van der Waals surface area contributed by atoms with Gasteiger partial charge in [0.2, 0.25) is 10.0 Å². The van der Waals surface area contributed by atoms with Gasteiger partial charge >= 0.3 is 0 Å². The number of nitrogens with zero attached hydrogens (tertiary/aromatic N) is 1. The Hall–Kier alpha value is -1.47. The molecule has 0 saturated carbocycles. The second-order valence-corrected chi connectivity index (χ2v) is 6.64. The zero-order chi connectivity index (χ0) is 14.6. The van der Waals surface area contributed by atoms with Crippen molar-refractivity contribution in [1.82, 2.24) is 9.62 Å². The van der Waals surface area contributed by atoms with Crippen LogP contribution in [0.25, 0.3) is 0 Å². The summed E-state index contributed by atoms with van der Waals surface area (Å²) < 4.78 is 37.4. The van der Waals surface area contributed by atoms with Crippen molar-refractivity contribution in [2.24, 2.45) is 0 Å². The number of rotatable bonds is 5. The van der Waals surface area contributed by atoms with Crippen molar-refractivity contribution in [2.45, 2.75) is 6.92 Å². The summed E-state index contributed by atoms with van der Waals surface area (Å²) in [5.74, 6) is -1.46. The number of carbonyl (C=O) groups excluding carboxylic acids is 1. The molecule has 1 amide bonds. The second kappa shape index (κ2) is 6.12. The highest BCUT2D eigenvalue weighted by atomic mass is 32.2. The van der Waals surface area contributed by atoms with Crippen molar-refractivity contribution in [1.29, 1.82) is 0 Å². The molecule has 0 bridgehead atoms. The largest absolute Gasteiger partial charge is 0.351 e. The number of carbonyl (C=O) groups is 1.